The Hall–Kier alpha value is -0.890. The fourth-order valence-electron chi connectivity index (χ4n) is 1.70. The molecule has 1 rings (SSSR count). The van der Waals surface area contributed by atoms with Crippen LogP contribution in [0.4, 0.5) is 4.39 Å². The quantitative estimate of drug-likeness (QED) is 0.779. The maximum Gasteiger partial charge on any atom is 0.126 e. The Balaban J connectivity index is 2.93. The van der Waals surface area contributed by atoms with Crippen molar-refractivity contribution >= 4 is 0 Å². The van der Waals surface area contributed by atoms with Gasteiger partial charge in [-0.15, -0.1) is 0 Å². The van der Waals surface area contributed by atoms with Gasteiger partial charge in [-0.2, -0.15) is 0 Å². The van der Waals surface area contributed by atoms with E-state index in [1.165, 1.54) is 6.07 Å². The summed E-state index contributed by atoms with van der Waals surface area (Å²) in [6.45, 7) is 5.06. The van der Waals surface area contributed by atoms with Crippen LogP contribution in [-0.4, -0.2) is 13.6 Å². The minimum absolute atomic E-state index is 0.0959. The van der Waals surface area contributed by atoms with E-state index in [-0.39, 0.29) is 11.7 Å². The third kappa shape index (κ3) is 2.55. The highest BCUT2D eigenvalue weighted by Crippen LogP contribution is 2.25. The molecule has 2 heteroatoms. The number of hydrogen-bond donors (Lipinski definition) is 1. The van der Waals surface area contributed by atoms with Crippen molar-refractivity contribution in [2.75, 3.05) is 13.6 Å². The standard InChI is InChI=1S/C12H18FN/c1-9(2)11(8-14-3)10-6-4-5-7-12(10)13/h4-7,9,11,14H,8H2,1-3H3. The Morgan fingerprint density at radius 1 is 1.29 bits per heavy atom. The number of likely N-dealkylation sites (N-methyl/N-ethyl adjacent to an activating group) is 1. The Kier molecular flexibility index (Phi) is 4.08. The molecule has 14 heavy (non-hydrogen) atoms. The van der Waals surface area contributed by atoms with Gasteiger partial charge in [0.25, 0.3) is 0 Å². The second kappa shape index (κ2) is 5.11. The number of benzene rings is 1. The van der Waals surface area contributed by atoms with Crippen LogP contribution in [0.15, 0.2) is 24.3 Å². The predicted octanol–water partition coefficient (Wildman–Crippen LogP) is 2.78. The van der Waals surface area contributed by atoms with Crippen molar-refractivity contribution in [3.8, 4) is 0 Å². The third-order valence-electron chi connectivity index (χ3n) is 2.53. The molecular formula is C12H18FN. The van der Waals surface area contributed by atoms with Crippen LogP contribution in [0.1, 0.15) is 25.3 Å². The second-order valence-corrected chi connectivity index (χ2v) is 3.93. The predicted molar refractivity (Wildman–Crippen MR) is 57.9 cm³/mol. The lowest BCUT2D eigenvalue weighted by atomic mass is 9.88. The molecule has 0 saturated carbocycles. The fraction of sp³-hybridized carbons (Fsp3) is 0.500. The van der Waals surface area contributed by atoms with Crippen LogP contribution < -0.4 is 5.32 Å². The van der Waals surface area contributed by atoms with E-state index >= 15 is 0 Å². The fourth-order valence-corrected chi connectivity index (χ4v) is 1.70. The lowest BCUT2D eigenvalue weighted by Crippen LogP contribution is -2.22. The summed E-state index contributed by atoms with van der Waals surface area (Å²) in [5, 5.41) is 3.11. The highest BCUT2D eigenvalue weighted by molar-refractivity contribution is 5.22. The van der Waals surface area contributed by atoms with Crippen LogP contribution in [-0.2, 0) is 0 Å². The van der Waals surface area contributed by atoms with Crippen molar-refractivity contribution in [2.24, 2.45) is 5.92 Å². The summed E-state index contributed by atoms with van der Waals surface area (Å²) in [5.74, 6) is 0.599. The molecule has 1 nitrogen and oxygen atoms in total. The van der Waals surface area contributed by atoms with Crippen LogP contribution in [0.5, 0.6) is 0 Å². The molecule has 0 heterocycles. The van der Waals surface area contributed by atoms with Crippen molar-refractivity contribution in [2.45, 2.75) is 19.8 Å². The van der Waals surface area contributed by atoms with Gasteiger partial charge < -0.3 is 5.32 Å². The smallest absolute Gasteiger partial charge is 0.126 e. The Morgan fingerprint density at radius 3 is 2.43 bits per heavy atom. The van der Waals surface area contributed by atoms with Gasteiger partial charge in [-0.1, -0.05) is 32.0 Å². The van der Waals surface area contributed by atoms with E-state index in [9.17, 15) is 4.39 Å². The molecule has 0 aliphatic rings. The van der Waals surface area contributed by atoms with Gasteiger partial charge in [0, 0.05) is 12.5 Å². The minimum Gasteiger partial charge on any atom is -0.319 e. The summed E-state index contributed by atoms with van der Waals surface area (Å²) in [6, 6.07) is 7.02. The zero-order valence-electron chi connectivity index (χ0n) is 9.05. The molecule has 0 aromatic heterocycles. The molecule has 78 valence electrons. The molecule has 1 atom stereocenters. The molecule has 1 aromatic carbocycles. The van der Waals surface area contributed by atoms with Crippen LogP contribution in [0.2, 0.25) is 0 Å². The second-order valence-electron chi connectivity index (χ2n) is 3.93. The number of rotatable bonds is 4. The van der Waals surface area contributed by atoms with E-state index in [0.717, 1.165) is 12.1 Å². The highest BCUT2D eigenvalue weighted by atomic mass is 19.1. The number of hydrogen-bond acceptors (Lipinski definition) is 1. The van der Waals surface area contributed by atoms with Crippen LogP contribution >= 0.6 is 0 Å². The van der Waals surface area contributed by atoms with Gasteiger partial charge in [-0.25, -0.2) is 4.39 Å². The molecule has 0 amide bonds. The van der Waals surface area contributed by atoms with E-state index in [1.54, 1.807) is 6.07 Å². The van der Waals surface area contributed by atoms with Gasteiger partial charge in [-0.3, -0.25) is 0 Å². The summed E-state index contributed by atoms with van der Waals surface area (Å²) in [6.07, 6.45) is 0. The van der Waals surface area contributed by atoms with Crippen molar-refractivity contribution in [1.82, 2.24) is 5.32 Å². The zero-order valence-corrected chi connectivity index (χ0v) is 9.05. The van der Waals surface area contributed by atoms with Gasteiger partial charge in [-0.05, 0) is 24.6 Å². The zero-order chi connectivity index (χ0) is 10.6. The van der Waals surface area contributed by atoms with Gasteiger partial charge in [0.05, 0.1) is 0 Å². The first-order valence-electron chi connectivity index (χ1n) is 5.05. The lowest BCUT2D eigenvalue weighted by molar-refractivity contribution is 0.457. The maximum atomic E-state index is 13.5. The molecule has 0 bridgehead atoms. The van der Waals surface area contributed by atoms with Gasteiger partial charge >= 0.3 is 0 Å². The van der Waals surface area contributed by atoms with Crippen LogP contribution in [0.25, 0.3) is 0 Å². The maximum absolute atomic E-state index is 13.5. The molecule has 0 fully saturated rings. The molecule has 1 unspecified atom stereocenters. The minimum atomic E-state index is -0.0959. The Morgan fingerprint density at radius 2 is 1.93 bits per heavy atom. The monoisotopic (exact) mass is 195 g/mol. The number of halogens is 1. The molecule has 1 N–H and O–H groups in total. The van der Waals surface area contributed by atoms with Gasteiger partial charge in [0.15, 0.2) is 0 Å². The lowest BCUT2D eigenvalue weighted by Gasteiger charge is -2.21. The van der Waals surface area contributed by atoms with Crippen molar-refractivity contribution in [3.05, 3.63) is 35.6 Å². The first-order chi connectivity index (χ1) is 6.66. The van der Waals surface area contributed by atoms with Crippen LogP contribution in [0.3, 0.4) is 0 Å². The van der Waals surface area contributed by atoms with Crippen molar-refractivity contribution in [1.29, 1.82) is 0 Å². The summed E-state index contributed by atoms with van der Waals surface area (Å²) in [7, 11) is 1.90. The van der Waals surface area contributed by atoms with Gasteiger partial charge in [0.1, 0.15) is 5.82 Å². The van der Waals surface area contributed by atoms with E-state index in [4.69, 9.17) is 0 Å². The van der Waals surface area contributed by atoms with E-state index in [0.29, 0.717) is 5.92 Å². The van der Waals surface area contributed by atoms with Crippen molar-refractivity contribution in [3.63, 3.8) is 0 Å². The molecular weight excluding hydrogens is 177 g/mol. The first kappa shape index (κ1) is 11.2. The summed E-state index contributed by atoms with van der Waals surface area (Å²) in [5.41, 5.74) is 0.817. The van der Waals surface area contributed by atoms with Crippen molar-refractivity contribution < 1.29 is 4.39 Å². The topological polar surface area (TPSA) is 12.0 Å². The molecule has 0 aliphatic carbocycles. The summed E-state index contributed by atoms with van der Waals surface area (Å²) in [4.78, 5) is 0. The first-order valence-corrected chi connectivity index (χ1v) is 5.05. The molecule has 0 radical (unpaired) electrons. The SMILES string of the molecule is CNCC(c1ccccc1F)C(C)C. The summed E-state index contributed by atoms with van der Waals surface area (Å²) < 4.78 is 13.5. The summed E-state index contributed by atoms with van der Waals surface area (Å²) >= 11 is 0. The highest BCUT2D eigenvalue weighted by Gasteiger charge is 2.17. The largest absolute Gasteiger partial charge is 0.319 e. The Labute approximate surface area is 85.3 Å². The van der Waals surface area contributed by atoms with E-state index in [1.807, 2.05) is 19.2 Å². The number of nitrogens with one attached hydrogen (secondary N) is 1. The van der Waals surface area contributed by atoms with E-state index in [2.05, 4.69) is 19.2 Å². The third-order valence-corrected chi connectivity index (χ3v) is 2.53. The Bertz CT molecular complexity index is 283. The average Bonchev–Trinajstić information content (AvgIpc) is 2.15. The molecule has 1 aromatic rings. The van der Waals surface area contributed by atoms with Gasteiger partial charge in [0.2, 0.25) is 0 Å². The van der Waals surface area contributed by atoms with E-state index < -0.39 is 0 Å². The molecule has 0 spiro atoms. The molecule has 0 aliphatic heterocycles. The average molecular weight is 195 g/mol. The molecule has 0 saturated heterocycles. The normalized spacial score (nSPS) is 13.2. The van der Waals surface area contributed by atoms with Crippen LogP contribution in [0, 0.1) is 11.7 Å².